The maximum absolute atomic E-state index is 10.5. The van der Waals surface area contributed by atoms with Gasteiger partial charge in [-0.25, -0.2) is 0 Å². The third kappa shape index (κ3) is 6.97. The minimum Gasteiger partial charge on any atom is -0.391 e. The molecule has 0 saturated carbocycles. The van der Waals surface area contributed by atoms with Crippen LogP contribution in [0.1, 0.15) is 61.3 Å². The van der Waals surface area contributed by atoms with Crippen molar-refractivity contribution in [1.29, 1.82) is 0 Å². The Hall–Kier alpha value is 0.650. The first-order valence-corrected chi connectivity index (χ1v) is 7.71. The summed E-state index contributed by atoms with van der Waals surface area (Å²) in [6.07, 6.45) is 1.99. The third-order valence-corrected chi connectivity index (χ3v) is 3.41. The van der Waals surface area contributed by atoms with Gasteiger partial charge in [-0.1, -0.05) is 63.6 Å². The number of rotatable bonds is 6. The highest BCUT2D eigenvalue weighted by atomic mass is 127. The van der Waals surface area contributed by atoms with E-state index in [0.29, 0.717) is 5.92 Å². The van der Waals surface area contributed by atoms with E-state index in [4.69, 9.17) is 0 Å². The quantitative estimate of drug-likeness (QED) is 0.429. The Labute approximate surface area is 121 Å². The van der Waals surface area contributed by atoms with Crippen molar-refractivity contribution in [1.82, 2.24) is 5.32 Å². The molecule has 104 valence electrons. The van der Waals surface area contributed by atoms with Gasteiger partial charge in [0.15, 0.2) is 0 Å². The largest absolute Gasteiger partial charge is 0.391 e. The molecule has 17 heavy (non-hydrogen) atoms. The van der Waals surface area contributed by atoms with E-state index in [1.54, 1.807) is 0 Å². The van der Waals surface area contributed by atoms with Crippen molar-refractivity contribution in [2.75, 3.05) is 0 Å². The third-order valence-electron chi connectivity index (χ3n) is 3.09. The van der Waals surface area contributed by atoms with Gasteiger partial charge in [-0.3, -0.25) is 5.32 Å². The molecule has 0 spiro atoms. The zero-order chi connectivity index (χ0) is 13.9. The van der Waals surface area contributed by atoms with Crippen LogP contribution in [0.5, 0.6) is 0 Å². The van der Waals surface area contributed by atoms with Crippen LogP contribution in [0.15, 0.2) is 0 Å². The number of nitrogens with one attached hydrogen (secondary N) is 1. The molecule has 2 nitrogen and oxygen atoms in total. The van der Waals surface area contributed by atoms with Gasteiger partial charge in [0.2, 0.25) is 0 Å². The lowest BCUT2D eigenvalue weighted by molar-refractivity contribution is 0.00703. The summed E-state index contributed by atoms with van der Waals surface area (Å²) in [5.74, 6) is 0.489. The number of halogens is 1. The van der Waals surface area contributed by atoms with Crippen molar-refractivity contribution in [3.63, 3.8) is 0 Å². The Bertz CT molecular complexity index is 217. The molecule has 0 fully saturated rings. The van der Waals surface area contributed by atoms with Crippen molar-refractivity contribution in [3.05, 3.63) is 0 Å². The highest BCUT2D eigenvalue weighted by Gasteiger charge is 2.35. The van der Waals surface area contributed by atoms with Crippen LogP contribution in [0.2, 0.25) is 0 Å². The maximum Gasteiger partial charge on any atom is 0.0744 e. The molecule has 0 aromatic heterocycles. The Balaban J connectivity index is 4.85. The van der Waals surface area contributed by atoms with E-state index < -0.39 is 0 Å². The van der Waals surface area contributed by atoms with Crippen LogP contribution in [0, 0.1) is 11.3 Å². The molecular formula is C14H30INO. The summed E-state index contributed by atoms with van der Waals surface area (Å²) in [6.45, 7) is 15.0. The summed E-state index contributed by atoms with van der Waals surface area (Å²) in [7, 11) is 0. The molecule has 0 heterocycles. The second-order valence-electron chi connectivity index (χ2n) is 6.72. The van der Waals surface area contributed by atoms with Crippen molar-refractivity contribution in [3.8, 4) is 0 Å². The second kappa shape index (κ2) is 6.71. The summed E-state index contributed by atoms with van der Waals surface area (Å²) in [5.41, 5.74) is -0.0818. The van der Waals surface area contributed by atoms with Crippen molar-refractivity contribution < 1.29 is 5.11 Å². The highest BCUT2D eigenvalue weighted by Crippen LogP contribution is 2.29. The maximum atomic E-state index is 10.5. The minimum atomic E-state index is -0.321. The zero-order valence-corrected chi connectivity index (χ0v) is 14.6. The van der Waals surface area contributed by atoms with Gasteiger partial charge in [-0.15, -0.1) is 0 Å². The summed E-state index contributed by atoms with van der Waals surface area (Å²) >= 11 is 2.39. The van der Waals surface area contributed by atoms with Crippen molar-refractivity contribution in [2.24, 2.45) is 11.3 Å². The summed E-state index contributed by atoms with van der Waals surface area (Å²) in [5, 5.41) is 14.1. The predicted octanol–water partition coefficient (Wildman–Crippen LogP) is 3.96. The van der Waals surface area contributed by atoms with Gasteiger partial charge in [-0.2, -0.15) is 0 Å². The Kier molecular flexibility index (Phi) is 6.97. The summed E-state index contributed by atoms with van der Waals surface area (Å²) < 4.78 is 0.0106. The van der Waals surface area contributed by atoms with Crippen LogP contribution in [0.4, 0.5) is 0 Å². The second-order valence-corrected chi connectivity index (χ2v) is 9.42. The normalized spacial score (nSPS) is 18.9. The van der Waals surface area contributed by atoms with Gasteiger partial charge in [0, 0.05) is 6.04 Å². The Morgan fingerprint density at radius 1 is 1.18 bits per heavy atom. The van der Waals surface area contributed by atoms with Gasteiger partial charge in [0.05, 0.1) is 9.65 Å². The van der Waals surface area contributed by atoms with Gasteiger partial charge in [-0.05, 0) is 31.6 Å². The molecule has 2 N–H and O–H groups in total. The first-order valence-electron chi connectivity index (χ1n) is 6.63. The SMILES string of the molecule is CCCC(C)C(NC(C)(C)I)C(O)C(C)(C)C. The lowest BCUT2D eigenvalue weighted by Crippen LogP contribution is -2.55. The number of aliphatic hydroxyl groups is 1. The molecule has 3 heteroatoms. The molecule has 0 saturated heterocycles. The van der Waals surface area contributed by atoms with E-state index in [2.05, 4.69) is 76.4 Å². The van der Waals surface area contributed by atoms with E-state index in [9.17, 15) is 5.11 Å². The molecule has 3 unspecified atom stereocenters. The zero-order valence-electron chi connectivity index (χ0n) is 12.5. The van der Waals surface area contributed by atoms with Crippen LogP contribution in [0.3, 0.4) is 0 Å². The van der Waals surface area contributed by atoms with Gasteiger partial charge in [0.25, 0.3) is 0 Å². The highest BCUT2D eigenvalue weighted by molar-refractivity contribution is 14.1. The van der Waals surface area contributed by atoms with Crippen LogP contribution < -0.4 is 5.32 Å². The Morgan fingerprint density at radius 3 is 1.94 bits per heavy atom. The van der Waals surface area contributed by atoms with Crippen LogP contribution in [0.25, 0.3) is 0 Å². The number of hydrogen-bond donors (Lipinski definition) is 2. The predicted molar refractivity (Wildman–Crippen MR) is 84.6 cm³/mol. The smallest absolute Gasteiger partial charge is 0.0744 e. The summed E-state index contributed by atoms with van der Waals surface area (Å²) in [4.78, 5) is 0. The van der Waals surface area contributed by atoms with E-state index in [1.165, 1.54) is 0 Å². The Morgan fingerprint density at radius 2 is 1.65 bits per heavy atom. The molecule has 0 amide bonds. The molecule has 0 aliphatic rings. The average molecular weight is 355 g/mol. The van der Waals surface area contributed by atoms with E-state index in [1.807, 2.05) is 0 Å². The van der Waals surface area contributed by atoms with Gasteiger partial charge < -0.3 is 5.11 Å². The monoisotopic (exact) mass is 355 g/mol. The van der Waals surface area contributed by atoms with Gasteiger partial charge >= 0.3 is 0 Å². The van der Waals surface area contributed by atoms with Crippen LogP contribution in [-0.4, -0.2) is 20.8 Å². The molecule has 0 aliphatic heterocycles. The molecule has 0 aromatic rings. The molecule has 0 rings (SSSR count). The fourth-order valence-corrected chi connectivity index (χ4v) is 2.46. The standard InChI is InChI=1S/C14H30INO/c1-8-9-10(2)11(16-14(6,7)15)12(17)13(3,4)5/h10-12,16-17H,8-9H2,1-7H3. The fraction of sp³-hybridized carbons (Fsp3) is 1.00. The number of aliphatic hydroxyl groups excluding tert-OH is 1. The molecule has 0 bridgehead atoms. The van der Waals surface area contributed by atoms with E-state index >= 15 is 0 Å². The number of alkyl halides is 1. The van der Waals surface area contributed by atoms with E-state index in [0.717, 1.165) is 12.8 Å². The lowest BCUT2D eigenvalue weighted by atomic mass is 9.79. The molecule has 0 aromatic carbocycles. The van der Waals surface area contributed by atoms with Crippen LogP contribution in [-0.2, 0) is 0 Å². The van der Waals surface area contributed by atoms with Gasteiger partial charge in [0.1, 0.15) is 0 Å². The lowest BCUT2D eigenvalue weighted by Gasteiger charge is -2.40. The first kappa shape index (κ1) is 17.6. The molecular weight excluding hydrogens is 325 g/mol. The molecule has 0 aliphatic carbocycles. The first-order chi connectivity index (χ1) is 7.49. The molecule has 0 radical (unpaired) electrons. The average Bonchev–Trinajstić information content (AvgIpc) is 2.10. The summed E-state index contributed by atoms with van der Waals surface area (Å²) in [6, 6.07) is 0.154. The molecule has 3 atom stereocenters. The minimum absolute atomic E-state index is 0.0106. The van der Waals surface area contributed by atoms with Crippen LogP contribution >= 0.6 is 22.6 Å². The van der Waals surface area contributed by atoms with Crippen molar-refractivity contribution in [2.45, 2.75) is 77.0 Å². The topological polar surface area (TPSA) is 32.3 Å². The van der Waals surface area contributed by atoms with E-state index in [-0.39, 0.29) is 21.1 Å². The fourth-order valence-electron chi connectivity index (χ4n) is 2.10. The number of hydrogen-bond acceptors (Lipinski definition) is 2. The van der Waals surface area contributed by atoms with Crippen molar-refractivity contribution >= 4 is 22.6 Å².